The Morgan fingerprint density at radius 3 is 1.88 bits per heavy atom. The molecular formula is C25H34N4O3. The number of piperazine rings is 1. The average Bonchev–Trinajstić information content (AvgIpc) is 2.82. The van der Waals surface area contributed by atoms with E-state index in [-0.39, 0.29) is 17.9 Å². The smallest absolute Gasteiger partial charge is 0.323 e. The van der Waals surface area contributed by atoms with Crippen LogP contribution < -0.4 is 20.3 Å². The van der Waals surface area contributed by atoms with Crippen molar-refractivity contribution >= 4 is 29.0 Å². The SMILES string of the molecule is CCOc1ccc(NC(=O)Nc2ccc(N3CCN(C(=O)C(CC)CC)CC3)cc2)cc1. The summed E-state index contributed by atoms with van der Waals surface area (Å²) in [7, 11) is 0. The van der Waals surface area contributed by atoms with Crippen LogP contribution in [0.4, 0.5) is 21.9 Å². The maximum absolute atomic E-state index is 12.6. The molecule has 3 amide bonds. The molecule has 1 saturated heterocycles. The van der Waals surface area contributed by atoms with E-state index in [1.165, 1.54) is 0 Å². The molecule has 0 radical (unpaired) electrons. The van der Waals surface area contributed by atoms with Gasteiger partial charge in [-0.15, -0.1) is 0 Å². The first kappa shape index (κ1) is 23.4. The van der Waals surface area contributed by atoms with Crippen molar-refractivity contribution < 1.29 is 14.3 Å². The van der Waals surface area contributed by atoms with Crippen molar-refractivity contribution in [1.29, 1.82) is 0 Å². The largest absolute Gasteiger partial charge is 0.494 e. The van der Waals surface area contributed by atoms with E-state index < -0.39 is 0 Å². The zero-order chi connectivity index (χ0) is 22.9. The van der Waals surface area contributed by atoms with Crippen LogP contribution in [0, 0.1) is 5.92 Å². The molecule has 1 aliphatic rings. The second-order valence-corrected chi connectivity index (χ2v) is 7.91. The summed E-state index contributed by atoms with van der Waals surface area (Å²) in [5.74, 6) is 1.20. The van der Waals surface area contributed by atoms with Crippen LogP contribution in [0.15, 0.2) is 48.5 Å². The highest BCUT2D eigenvalue weighted by atomic mass is 16.5. The Balaban J connectivity index is 1.49. The lowest BCUT2D eigenvalue weighted by atomic mass is 10.0. The van der Waals surface area contributed by atoms with Gasteiger partial charge in [-0.2, -0.15) is 0 Å². The zero-order valence-electron chi connectivity index (χ0n) is 19.3. The number of ether oxygens (including phenoxy) is 1. The van der Waals surface area contributed by atoms with Crippen molar-refractivity contribution in [3.05, 3.63) is 48.5 Å². The molecule has 1 heterocycles. The second-order valence-electron chi connectivity index (χ2n) is 7.91. The van der Waals surface area contributed by atoms with Crippen molar-refractivity contribution in [2.45, 2.75) is 33.6 Å². The van der Waals surface area contributed by atoms with Crippen molar-refractivity contribution in [2.75, 3.05) is 48.3 Å². The van der Waals surface area contributed by atoms with Crippen molar-refractivity contribution in [3.8, 4) is 5.75 Å². The first-order chi connectivity index (χ1) is 15.5. The summed E-state index contributed by atoms with van der Waals surface area (Å²) in [6.07, 6.45) is 1.80. The molecule has 0 unspecified atom stereocenters. The molecule has 172 valence electrons. The summed E-state index contributed by atoms with van der Waals surface area (Å²) in [6, 6.07) is 14.8. The summed E-state index contributed by atoms with van der Waals surface area (Å²) in [5, 5.41) is 5.67. The lowest BCUT2D eigenvalue weighted by molar-refractivity contribution is -0.136. The highest BCUT2D eigenvalue weighted by Crippen LogP contribution is 2.22. The lowest BCUT2D eigenvalue weighted by Crippen LogP contribution is -2.50. The van der Waals surface area contributed by atoms with Crippen LogP contribution >= 0.6 is 0 Å². The molecule has 0 spiro atoms. The van der Waals surface area contributed by atoms with Crippen molar-refractivity contribution in [3.63, 3.8) is 0 Å². The van der Waals surface area contributed by atoms with E-state index in [9.17, 15) is 9.59 Å². The topological polar surface area (TPSA) is 73.9 Å². The number of anilines is 3. The highest BCUT2D eigenvalue weighted by Gasteiger charge is 2.25. The first-order valence-corrected chi connectivity index (χ1v) is 11.5. The number of rotatable bonds is 8. The van der Waals surface area contributed by atoms with Gasteiger partial charge in [-0.05, 0) is 68.3 Å². The van der Waals surface area contributed by atoms with Gasteiger partial charge in [0.15, 0.2) is 0 Å². The van der Waals surface area contributed by atoms with Crippen LogP contribution in [0.1, 0.15) is 33.6 Å². The van der Waals surface area contributed by atoms with Crippen LogP contribution in [0.25, 0.3) is 0 Å². The summed E-state index contributed by atoms with van der Waals surface area (Å²) in [6.45, 7) is 9.83. The molecule has 0 saturated carbocycles. The van der Waals surface area contributed by atoms with Gasteiger partial charge >= 0.3 is 6.03 Å². The molecule has 1 aliphatic heterocycles. The van der Waals surface area contributed by atoms with Crippen LogP contribution in [-0.2, 0) is 4.79 Å². The number of urea groups is 1. The van der Waals surface area contributed by atoms with Crippen LogP contribution in [0.2, 0.25) is 0 Å². The number of hydrogen-bond donors (Lipinski definition) is 2. The highest BCUT2D eigenvalue weighted by molar-refractivity contribution is 5.99. The van der Waals surface area contributed by atoms with E-state index >= 15 is 0 Å². The summed E-state index contributed by atoms with van der Waals surface area (Å²) < 4.78 is 5.41. The minimum atomic E-state index is -0.296. The van der Waals surface area contributed by atoms with E-state index in [4.69, 9.17) is 4.74 Å². The van der Waals surface area contributed by atoms with Gasteiger partial charge in [0, 0.05) is 49.2 Å². The number of nitrogens with one attached hydrogen (secondary N) is 2. The molecule has 32 heavy (non-hydrogen) atoms. The fourth-order valence-electron chi connectivity index (χ4n) is 3.93. The molecule has 7 heteroatoms. The van der Waals surface area contributed by atoms with Crippen molar-refractivity contribution in [2.24, 2.45) is 5.92 Å². The lowest BCUT2D eigenvalue weighted by Gasteiger charge is -2.37. The number of nitrogens with zero attached hydrogens (tertiary/aromatic N) is 2. The number of benzene rings is 2. The van der Waals surface area contributed by atoms with Crippen LogP contribution in [0.3, 0.4) is 0 Å². The van der Waals surface area contributed by atoms with Crippen molar-refractivity contribution in [1.82, 2.24) is 4.90 Å². The molecule has 0 bridgehead atoms. The van der Waals surface area contributed by atoms with E-state index in [2.05, 4.69) is 29.4 Å². The van der Waals surface area contributed by atoms with Gasteiger partial charge < -0.3 is 25.2 Å². The first-order valence-electron chi connectivity index (χ1n) is 11.5. The summed E-state index contributed by atoms with van der Waals surface area (Å²) >= 11 is 0. The monoisotopic (exact) mass is 438 g/mol. The predicted molar refractivity (Wildman–Crippen MR) is 130 cm³/mol. The minimum absolute atomic E-state index is 0.140. The normalized spacial score (nSPS) is 13.8. The Hall–Kier alpha value is -3.22. The standard InChI is InChI=1S/C25H34N4O3/c1-4-19(5-2)24(30)29-17-15-28(16-18-29)22-11-7-20(8-12-22)26-25(31)27-21-9-13-23(14-10-21)32-6-3/h7-14,19H,4-6,15-18H2,1-3H3,(H2,26,27,31). The van der Waals surface area contributed by atoms with E-state index in [1.54, 1.807) is 12.1 Å². The molecule has 3 rings (SSSR count). The fourth-order valence-corrected chi connectivity index (χ4v) is 3.93. The summed E-state index contributed by atoms with van der Waals surface area (Å²) in [4.78, 5) is 29.1. The van der Waals surface area contributed by atoms with Crippen LogP contribution in [-0.4, -0.2) is 49.6 Å². The number of hydrogen-bond acceptors (Lipinski definition) is 4. The van der Waals surface area contributed by atoms with E-state index in [0.29, 0.717) is 12.3 Å². The Labute approximate surface area is 190 Å². The number of amides is 3. The number of carbonyl (C=O) groups excluding carboxylic acids is 2. The molecule has 2 aromatic carbocycles. The second kappa shape index (κ2) is 11.4. The maximum atomic E-state index is 12.6. The zero-order valence-corrected chi connectivity index (χ0v) is 19.3. The van der Waals surface area contributed by atoms with Gasteiger partial charge in [0.2, 0.25) is 5.91 Å². The maximum Gasteiger partial charge on any atom is 0.323 e. The van der Waals surface area contributed by atoms with Gasteiger partial charge in [-0.25, -0.2) is 4.79 Å². The summed E-state index contributed by atoms with van der Waals surface area (Å²) in [5.41, 5.74) is 2.51. The average molecular weight is 439 g/mol. The molecule has 1 fully saturated rings. The molecule has 2 N–H and O–H groups in total. The molecule has 0 aliphatic carbocycles. The molecule has 0 atom stereocenters. The van der Waals surface area contributed by atoms with Crippen LogP contribution in [0.5, 0.6) is 5.75 Å². The quantitative estimate of drug-likeness (QED) is 0.620. The molecular weight excluding hydrogens is 404 g/mol. The minimum Gasteiger partial charge on any atom is -0.494 e. The number of carbonyl (C=O) groups is 2. The Morgan fingerprint density at radius 1 is 0.844 bits per heavy atom. The molecule has 0 aromatic heterocycles. The molecule has 2 aromatic rings. The Kier molecular flexibility index (Phi) is 8.36. The van der Waals surface area contributed by atoms with Gasteiger partial charge in [0.1, 0.15) is 5.75 Å². The van der Waals surface area contributed by atoms with Gasteiger partial charge in [0.05, 0.1) is 6.61 Å². The fraction of sp³-hybridized carbons (Fsp3) is 0.440. The molecule has 7 nitrogen and oxygen atoms in total. The van der Waals surface area contributed by atoms with Gasteiger partial charge in [-0.1, -0.05) is 13.8 Å². The Morgan fingerprint density at radius 2 is 1.38 bits per heavy atom. The van der Waals surface area contributed by atoms with E-state index in [1.807, 2.05) is 48.2 Å². The third kappa shape index (κ3) is 6.15. The van der Waals surface area contributed by atoms with Gasteiger partial charge in [-0.3, -0.25) is 4.79 Å². The Bertz CT molecular complexity index is 871. The predicted octanol–water partition coefficient (Wildman–Crippen LogP) is 4.81. The van der Waals surface area contributed by atoms with Gasteiger partial charge in [0.25, 0.3) is 0 Å². The third-order valence-corrected chi connectivity index (χ3v) is 5.84. The van der Waals surface area contributed by atoms with E-state index in [0.717, 1.165) is 56.1 Å². The third-order valence-electron chi connectivity index (χ3n) is 5.84.